The third-order valence-electron chi connectivity index (χ3n) is 4.50. The smallest absolute Gasteiger partial charge is 0.343 e. The molecule has 0 aromatic carbocycles. The predicted molar refractivity (Wildman–Crippen MR) is 95.3 cm³/mol. The molecule has 0 amide bonds. The van der Waals surface area contributed by atoms with E-state index in [2.05, 4.69) is 25.8 Å². The third kappa shape index (κ3) is 3.66. The Bertz CT molecular complexity index is 793. The van der Waals surface area contributed by atoms with Crippen LogP contribution >= 0.6 is 0 Å². The lowest BCUT2D eigenvalue weighted by molar-refractivity contribution is 0.0524. The molecule has 2 rings (SSSR count). The summed E-state index contributed by atoms with van der Waals surface area (Å²) in [6.45, 7) is 11.1. The van der Waals surface area contributed by atoms with Gasteiger partial charge in [-0.3, -0.25) is 4.79 Å². The van der Waals surface area contributed by atoms with Gasteiger partial charge in [0.2, 0.25) is 5.43 Å². The number of esters is 1. The van der Waals surface area contributed by atoms with Crippen LogP contribution in [-0.4, -0.2) is 22.1 Å². The average Bonchev–Trinajstić information content (AvgIpc) is 2.55. The van der Waals surface area contributed by atoms with Crippen LogP contribution in [-0.2, 0) is 17.7 Å². The van der Waals surface area contributed by atoms with Gasteiger partial charge in [0, 0.05) is 18.9 Å². The molecule has 24 heavy (non-hydrogen) atoms. The number of aryl methyl sites for hydroxylation is 1. The summed E-state index contributed by atoms with van der Waals surface area (Å²) < 4.78 is 6.83. The number of hydrogen-bond acceptors (Lipinski definition) is 4. The second kappa shape index (κ2) is 7.60. The maximum atomic E-state index is 12.7. The quantitative estimate of drug-likeness (QED) is 0.761. The van der Waals surface area contributed by atoms with E-state index < -0.39 is 5.97 Å². The number of pyridine rings is 2. The number of fused-ring (bicyclic) bond motifs is 1. The first-order chi connectivity index (χ1) is 11.4. The van der Waals surface area contributed by atoms with Crippen LogP contribution in [0.3, 0.4) is 0 Å². The van der Waals surface area contributed by atoms with Gasteiger partial charge in [-0.25, -0.2) is 9.78 Å². The van der Waals surface area contributed by atoms with Crippen molar-refractivity contribution in [2.24, 2.45) is 11.8 Å². The number of nitrogens with zero attached hydrogens (tertiary/aromatic N) is 2. The molecule has 0 saturated heterocycles. The molecule has 0 spiro atoms. The Kier molecular flexibility index (Phi) is 5.75. The Morgan fingerprint density at radius 1 is 1.29 bits per heavy atom. The van der Waals surface area contributed by atoms with E-state index in [0.717, 1.165) is 12.0 Å². The Morgan fingerprint density at radius 2 is 2.00 bits per heavy atom. The molecule has 0 aliphatic carbocycles. The molecule has 0 aliphatic heterocycles. The zero-order chi connectivity index (χ0) is 17.9. The summed E-state index contributed by atoms with van der Waals surface area (Å²) >= 11 is 0. The van der Waals surface area contributed by atoms with Gasteiger partial charge in [0.25, 0.3) is 0 Å². The van der Waals surface area contributed by atoms with Gasteiger partial charge in [-0.15, -0.1) is 0 Å². The highest BCUT2D eigenvalue weighted by atomic mass is 16.5. The van der Waals surface area contributed by atoms with Gasteiger partial charge in [0.1, 0.15) is 11.2 Å². The van der Waals surface area contributed by atoms with E-state index >= 15 is 0 Å². The first-order valence-corrected chi connectivity index (χ1v) is 8.58. The molecule has 2 aromatic heterocycles. The predicted octanol–water partition coefficient (Wildman–Crippen LogP) is 3.43. The number of carbonyl (C=O) groups is 1. The summed E-state index contributed by atoms with van der Waals surface area (Å²) in [5, 5.41) is 0.482. The minimum absolute atomic E-state index is 0.0714. The normalized spacial score (nSPS) is 12.6. The number of aromatic nitrogens is 2. The third-order valence-corrected chi connectivity index (χ3v) is 4.50. The van der Waals surface area contributed by atoms with E-state index in [1.807, 2.05) is 23.8 Å². The highest BCUT2D eigenvalue weighted by molar-refractivity contribution is 5.93. The van der Waals surface area contributed by atoms with E-state index in [-0.39, 0.29) is 17.6 Å². The highest BCUT2D eigenvalue weighted by Crippen LogP contribution is 2.19. The van der Waals surface area contributed by atoms with Gasteiger partial charge in [0.05, 0.1) is 12.0 Å². The van der Waals surface area contributed by atoms with Gasteiger partial charge in [-0.2, -0.15) is 0 Å². The molecular weight excluding hydrogens is 304 g/mol. The summed E-state index contributed by atoms with van der Waals surface area (Å²) in [6.07, 6.45) is 4.23. The lowest BCUT2D eigenvalue weighted by Crippen LogP contribution is -2.21. The Morgan fingerprint density at radius 3 is 2.58 bits per heavy atom. The molecule has 1 atom stereocenters. The summed E-state index contributed by atoms with van der Waals surface area (Å²) in [7, 11) is 0. The van der Waals surface area contributed by atoms with Gasteiger partial charge < -0.3 is 9.30 Å². The zero-order valence-corrected chi connectivity index (χ0v) is 15.1. The number of rotatable bonds is 6. The van der Waals surface area contributed by atoms with Gasteiger partial charge >= 0.3 is 5.97 Å². The number of ether oxygens (including phenoxy) is 1. The van der Waals surface area contributed by atoms with Crippen molar-refractivity contribution in [1.29, 1.82) is 0 Å². The first-order valence-electron chi connectivity index (χ1n) is 8.58. The van der Waals surface area contributed by atoms with Crippen LogP contribution in [0.5, 0.6) is 0 Å². The van der Waals surface area contributed by atoms with Crippen LogP contribution in [0.1, 0.15) is 50.5 Å². The fourth-order valence-corrected chi connectivity index (χ4v) is 2.63. The van der Waals surface area contributed by atoms with Crippen LogP contribution in [0, 0.1) is 11.8 Å². The number of carbonyl (C=O) groups excluding carboxylic acids is 1. The minimum atomic E-state index is -0.576. The van der Waals surface area contributed by atoms with Crippen LogP contribution in [0.15, 0.2) is 23.3 Å². The maximum Gasteiger partial charge on any atom is 0.343 e. The van der Waals surface area contributed by atoms with Crippen molar-refractivity contribution in [3.63, 3.8) is 0 Å². The topological polar surface area (TPSA) is 61.2 Å². The Hall–Kier alpha value is -2.17. The molecule has 1 unspecified atom stereocenters. The van der Waals surface area contributed by atoms with Crippen LogP contribution in [0.4, 0.5) is 0 Å². The van der Waals surface area contributed by atoms with E-state index in [4.69, 9.17) is 4.74 Å². The number of hydrogen-bond donors (Lipinski definition) is 0. The van der Waals surface area contributed by atoms with Crippen molar-refractivity contribution >= 4 is 17.0 Å². The zero-order valence-electron chi connectivity index (χ0n) is 15.1. The van der Waals surface area contributed by atoms with Gasteiger partial charge in [0.15, 0.2) is 0 Å². The molecule has 0 fully saturated rings. The molecule has 5 heteroatoms. The highest BCUT2D eigenvalue weighted by Gasteiger charge is 2.18. The maximum absolute atomic E-state index is 12.7. The molecule has 2 heterocycles. The summed E-state index contributed by atoms with van der Waals surface area (Å²) in [4.78, 5) is 29.3. The van der Waals surface area contributed by atoms with Crippen LogP contribution in [0.2, 0.25) is 0 Å². The molecule has 2 aromatic rings. The van der Waals surface area contributed by atoms with E-state index in [0.29, 0.717) is 29.4 Å². The van der Waals surface area contributed by atoms with Crippen molar-refractivity contribution in [2.75, 3.05) is 6.61 Å². The molecule has 0 radical (unpaired) electrons. The van der Waals surface area contributed by atoms with Crippen molar-refractivity contribution in [3.8, 4) is 0 Å². The Balaban J connectivity index is 2.58. The second-order valence-electron chi connectivity index (χ2n) is 6.52. The molecular formula is C19H26N2O3. The molecule has 0 aliphatic rings. The largest absolute Gasteiger partial charge is 0.462 e. The van der Waals surface area contributed by atoms with Crippen molar-refractivity contribution < 1.29 is 9.53 Å². The van der Waals surface area contributed by atoms with E-state index in [1.165, 1.54) is 0 Å². The van der Waals surface area contributed by atoms with E-state index in [1.54, 1.807) is 13.1 Å². The van der Waals surface area contributed by atoms with Crippen molar-refractivity contribution in [3.05, 3.63) is 39.8 Å². The van der Waals surface area contributed by atoms with Crippen LogP contribution < -0.4 is 5.43 Å². The lowest BCUT2D eigenvalue weighted by Gasteiger charge is -2.16. The Labute approximate surface area is 142 Å². The van der Waals surface area contributed by atoms with E-state index in [9.17, 15) is 9.59 Å². The molecule has 0 N–H and O–H groups in total. The molecule has 0 bridgehead atoms. The second-order valence-corrected chi connectivity index (χ2v) is 6.52. The van der Waals surface area contributed by atoms with Crippen molar-refractivity contribution in [2.45, 2.75) is 47.6 Å². The minimum Gasteiger partial charge on any atom is -0.462 e. The standard InChI is InChI=1S/C19H26N2O3/c1-6-21-11-16(19(23)24-7-2)17(22)15-9-14(10-20-18(15)21)8-13(5)12(3)4/h9-13H,6-8H2,1-5H3. The monoisotopic (exact) mass is 330 g/mol. The first kappa shape index (κ1) is 18.2. The molecule has 5 nitrogen and oxygen atoms in total. The van der Waals surface area contributed by atoms with Crippen molar-refractivity contribution in [1.82, 2.24) is 9.55 Å². The summed E-state index contributed by atoms with van der Waals surface area (Å²) in [5.41, 5.74) is 1.39. The summed E-state index contributed by atoms with van der Waals surface area (Å²) in [6, 6.07) is 1.87. The van der Waals surface area contributed by atoms with Gasteiger partial charge in [-0.1, -0.05) is 20.8 Å². The fourth-order valence-electron chi connectivity index (χ4n) is 2.63. The lowest BCUT2D eigenvalue weighted by atomic mass is 9.91. The summed E-state index contributed by atoms with van der Waals surface area (Å²) in [5.74, 6) is 0.470. The fraction of sp³-hybridized carbons (Fsp3) is 0.526. The SMILES string of the molecule is CCOC(=O)c1cn(CC)c2ncc(CC(C)C(C)C)cc2c1=O. The van der Waals surface area contributed by atoms with Gasteiger partial charge in [-0.05, 0) is 43.7 Å². The van der Waals surface area contributed by atoms with Crippen LogP contribution in [0.25, 0.3) is 11.0 Å². The molecule has 130 valence electrons. The molecule has 0 saturated carbocycles. The average molecular weight is 330 g/mol.